The van der Waals surface area contributed by atoms with Crippen molar-refractivity contribution in [2.75, 3.05) is 26.7 Å². The summed E-state index contributed by atoms with van der Waals surface area (Å²) in [5.74, 6) is -0.222. The van der Waals surface area contributed by atoms with Gasteiger partial charge < -0.3 is 24.3 Å². The van der Waals surface area contributed by atoms with Crippen LogP contribution in [0.15, 0.2) is 43.0 Å². The molecule has 13 heteroatoms. The highest BCUT2D eigenvalue weighted by Crippen LogP contribution is 2.37. The van der Waals surface area contributed by atoms with Crippen molar-refractivity contribution in [2.45, 2.75) is 44.5 Å². The lowest BCUT2D eigenvalue weighted by molar-refractivity contribution is -0.140. The maximum Gasteiger partial charge on any atom is 0.421 e. The number of nitrogens with zero attached hydrogens (tertiary/aromatic N) is 6. The summed E-state index contributed by atoms with van der Waals surface area (Å²) in [6.45, 7) is 2.09. The Labute approximate surface area is 233 Å². The van der Waals surface area contributed by atoms with Crippen LogP contribution < -0.4 is 9.47 Å². The Hall–Kier alpha value is -4.26. The van der Waals surface area contributed by atoms with Gasteiger partial charge in [0.15, 0.2) is 0 Å². The van der Waals surface area contributed by atoms with Crippen molar-refractivity contribution < 1.29 is 27.4 Å². The van der Waals surface area contributed by atoms with Gasteiger partial charge >= 0.3 is 12.2 Å². The summed E-state index contributed by atoms with van der Waals surface area (Å²) in [5, 5.41) is 0.778. The first-order chi connectivity index (χ1) is 19.7. The number of amides is 1. The molecule has 1 amide bonds. The molecule has 6 rings (SSSR count). The molecule has 0 bridgehead atoms. The number of aromatic nitrogens is 5. The predicted molar refractivity (Wildman–Crippen MR) is 141 cm³/mol. The molecule has 214 valence electrons. The number of H-pyrrole nitrogens is 1. The quantitative estimate of drug-likeness (QED) is 0.370. The van der Waals surface area contributed by atoms with E-state index in [1.807, 2.05) is 13.1 Å². The standard InChI is InChI=1S/C28H28F3N7O3/c1-37-9-5-19(6-10-37)40-26-21(28(29,30)31)12-17(14-34-26)13-24(39)38-11-4-18-15-35-27(36-22(18)16-38)41-23-3-8-33-25-20(23)2-7-32-25/h2-3,7-8,12,14-15,19H,4-6,9-11,13,16H2,1H3,(H,32,33). The number of hydrogen-bond donors (Lipinski definition) is 1. The second-order valence-corrected chi connectivity index (χ2v) is 10.3. The van der Waals surface area contributed by atoms with Gasteiger partial charge in [0.2, 0.25) is 11.8 Å². The van der Waals surface area contributed by atoms with Gasteiger partial charge in [-0.3, -0.25) is 4.79 Å². The van der Waals surface area contributed by atoms with Crippen molar-refractivity contribution in [1.82, 2.24) is 34.7 Å². The van der Waals surface area contributed by atoms with E-state index in [1.165, 1.54) is 6.20 Å². The molecule has 2 aliphatic rings. The molecule has 0 radical (unpaired) electrons. The maximum atomic E-state index is 13.9. The lowest BCUT2D eigenvalue weighted by Gasteiger charge is -2.30. The number of piperidine rings is 1. The third-order valence-corrected chi connectivity index (χ3v) is 7.41. The van der Waals surface area contributed by atoms with Gasteiger partial charge in [0.05, 0.1) is 24.0 Å². The Kier molecular flexibility index (Phi) is 7.20. The van der Waals surface area contributed by atoms with Gasteiger partial charge in [-0.05, 0) is 49.6 Å². The number of pyridine rings is 2. The number of fused-ring (bicyclic) bond motifs is 2. The molecular weight excluding hydrogens is 539 g/mol. The molecule has 1 saturated heterocycles. The molecule has 10 nitrogen and oxygen atoms in total. The monoisotopic (exact) mass is 567 g/mol. The van der Waals surface area contributed by atoms with E-state index in [0.29, 0.717) is 42.9 Å². The number of alkyl halides is 3. The molecule has 41 heavy (non-hydrogen) atoms. The molecule has 0 aromatic carbocycles. The molecule has 0 unspecified atom stereocenters. The number of carbonyl (C=O) groups is 1. The van der Waals surface area contributed by atoms with Gasteiger partial charge in [0.25, 0.3) is 0 Å². The molecule has 6 heterocycles. The lowest BCUT2D eigenvalue weighted by atomic mass is 10.1. The SMILES string of the molecule is CN1CCC(Oc2ncc(CC(=O)N3CCc4cnc(Oc5ccnc6[nH]ccc56)nc4C3)cc2C(F)(F)F)CC1. The molecule has 0 saturated carbocycles. The van der Waals surface area contributed by atoms with Crippen LogP contribution in [-0.2, 0) is 30.4 Å². The minimum absolute atomic E-state index is 0.131. The fourth-order valence-electron chi connectivity index (χ4n) is 5.11. The van der Waals surface area contributed by atoms with E-state index >= 15 is 0 Å². The second-order valence-electron chi connectivity index (χ2n) is 10.3. The van der Waals surface area contributed by atoms with Crippen molar-refractivity contribution in [2.24, 2.45) is 0 Å². The average molecular weight is 568 g/mol. The highest BCUT2D eigenvalue weighted by molar-refractivity contribution is 5.82. The third kappa shape index (κ3) is 5.94. The normalized spacial score (nSPS) is 16.5. The number of hydrogen-bond acceptors (Lipinski definition) is 8. The van der Waals surface area contributed by atoms with Crippen LogP contribution in [0.25, 0.3) is 11.0 Å². The third-order valence-electron chi connectivity index (χ3n) is 7.41. The molecule has 2 aliphatic heterocycles. The van der Waals surface area contributed by atoms with Crippen molar-refractivity contribution >= 4 is 16.9 Å². The highest BCUT2D eigenvalue weighted by atomic mass is 19.4. The molecule has 1 N–H and O–H groups in total. The zero-order valence-electron chi connectivity index (χ0n) is 22.3. The zero-order valence-corrected chi connectivity index (χ0v) is 22.3. The average Bonchev–Trinajstić information content (AvgIpc) is 3.44. The second kappa shape index (κ2) is 11.0. The van der Waals surface area contributed by atoms with Crippen molar-refractivity contribution in [3.05, 3.63) is 65.4 Å². The lowest BCUT2D eigenvalue weighted by Crippen LogP contribution is -2.37. The minimum atomic E-state index is -4.66. The number of aromatic amines is 1. The van der Waals surface area contributed by atoms with Crippen LogP contribution in [0.5, 0.6) is 17.6 Å². The Morgan fingerprint density at radius 1 is 1.12 bits per heavy atom. The summed E-state index contributed by atoms with van der Waals surface area (Å²) in [7, 11) is 1.96. The van der Waals surface area contributed by atoms with Crippen molar-refractivity contribution in [3.63, 3.8) is 0 Å². The van der Waals surface area contributed by atoms with E-state index in [-0.39, 0.29) is 36.6 Å². The summed E-state index contributed by atoms with van der Waals surface area (Å²) in [5.41, 5.74) is 1.39. The Balaban J connectivity index is 1.14. The zero-order chi connectivity index (χ0) is 28.6. The Morgan fingerprint density at radius 2 is 1.95 bits per heavy atom. The maximum absolute atomic E-state index is 13.9. The van der Waals surface area contributed by atoms with E-state index in [2.05, 4.69) is 29.8 Å². The number of ether oxygens (including phenoxy) is 2. The van der Waals surface area contributed by atoms with E-state index in [1.54, 1.807) is 29.6 Å². The fourth-order valence-corrected chi connectivity index (χ4v) is 5.11. The van der Waals surface area contributed by atoms with Gasteiger partial charge in [0.1, 0.15) is 23.1 Å². The molecule has 0 aliphatic carbocycles. The number of rotatable bonds is 6. The van der Waals surface area contributed by atoms with Gasteiger partial charge in [-0.1, -0.05) is 0 Å². The molecule has 1 fully saturated rings. The number of halogens is 3. The van der Waals surface area contributed by atoms with Crippen LogP contribution in [0.3, 0.4) is 0 Å². The van der Waals surface area contributed by atoms with Crippen LogP contribution >= 0.6 is 0 Å². The van der Waals surface area contributed by atoms with E-state index in [0.717, 1.165) is 30.1 Å². The van der Waals surface area contributed by atoms with E-state index in [9.17, 15) is 18.0 Å². The van der Waals surface area contributed by atoms with Gasteiger partial charge in [-0.2, -0.15) is 18.2 Å². The first-order valence-corrected chi connectivity index (χ1v) is 13.4. The van der Waals surface area contributed by atoms with E-state index in [4.69, 9.17) is 9.47 Å². The van der Waals surface area contributed by atoms with Crippen molar-refractivity contribution in [1.29, 1.82) is 0 Å². The predicted octanol–water partition coefficient (Wildman–Crippen LogP) is 4.16. The van der Waals surface area contributed by atoms with Crippen LogP contribution in [0, 0.1) is 0 Å². The largest absolute Gasteiger partial charge is 0.474 e. The van der Waals surface area contributed by atoms with Gasteiger partial charge in [-0.15, -0.1) is 0 Å². The van der Waals surface area contributed by atoms with Crippen molar-refractivity contribution in [3.8, 4) is 17.6 Å². The first kappa shape index (κ1) is 26.9. The van der Waals surface area contributed by atoms with Crippen LogP contribution in [0.2, 0.25) is 0 Å². The number of likely N-dealkylation sites (tertiary alicyclic amines) is 1. The molecular formula is C28H28F3N7O3. The first-order valence-electron chi connectivity index (χ1n) is 13.4. The van der Waals surface area contributed by atoms with Gasteiger partial charge in [0, 0.05) is 50.5 Å². The number of carbonyl (C=O) groups excluding carboxylic acids is 1. The van der Waals surface area contributed by atoms with E-state index < -0.39 is 17.6 Å². The summed E-state index contributed by atoms with van der Waals surface area (Å²) >= 11 is 0. The molecule has 4 aromatic heterocycles. The van der Waals surface area contributed by atoms with Crippen LogP contribution in [0.1, 0.15) is 35.2 Å². The molecule has 0 spiro atoms. The molecule has 0 atom stereocenters. The Morgan fingerprint density at radius 3 is 2.76 bits per heavy atom. The summed E-state index contributed by atoms with van der Waals surface area (Å²) in [6, 6.07) is 4.65. The summed E-state index contributed by atoms with van der Waals surface area (Å²) in [6.07, 6.45) is 2.89. The van der Waals surface area contributed by atoms with Crippen LogP contribution in [0.4, 0.5) is 13.2 Å². The Bertz CT molecular complexity index is 1570. The molecule has 4 aromatic rings. The van der Waals surface area contributed by atoms with Crippen LogP contribution in [-0.4, -0.2) is 73.4 Å². The topological polar surface area (TPSA) is 109 Å². The fraction of sp³-hybridized carbons (Fsp3) is 0.393. The smallest absolute Gasteiger partial charge is 0.421 e. The highest BCUT2D eigenvalue weighted by Gasteiger charge is 2.37. The van der Waals surface area contributed by atoms with Gasteiger partial charge in [-0.25, -0.2) is 15.0 Å². The summed E-state index contributed by atoms with van der Waals surface area (Å²) < 4.78 is 53.3. The number of nitrogens with one attached hydrogen (secondary N) is 1. The minimum Gasteiger partial charge on any atom is -0.474 e. The summed E-state index contributed by atoms with van der Waals surface area (Å²) in [4.78, 5) is 36.9.